The first-order valence-corrected chi connectivity index (χ1v) is 4.80. The first kappa shape index (κ1) is 7.15. The van der Waals surface area contributed by atoms with Crippen molar-refractivity contribution in [3.05, 3.63) is 23.3 Å². The van der Waals surface area contributed by atoms with Gasteiger partial charge in [0.25, 0.3) is 0 Å². The van der Waals surface area contributed by atoms with Crippen LogP contribution >= 0.6 is 0 Å². The fraction of sp³-hybridized carbons (Fsp3) is 0.636. The molecule has 0 amide bonds. The average Bonchev–Trinajstić information content (AvgIpc) is 2.50. The molecule has 0 N–H and O–H groups in total. The van der Waals surface area contributed by atoms with E-state index >= 15 is 0 Å². The summed E-state index contributed by atoms with van der Waals surface area (Å²) in [5, 5.41) is 0. The van der Waals surface area contributed by atoms with Crippen molar-refractivity contribution in [2.75, 3.05) is 0 Å². The lowest BCUT2D eigenvalue weighted by Gasteiger charge is -2.22. The molecule has 0 spiro atoms. The zero-order valence-corrected chi connectivity index (χ0v) is 7.27. The molecule has 0 saturated heterocycles. The summed E-state index contributed by atoms with van der Waals surface area (Å²) in [5.41, 5.74) is 3.43. The van der Waals surface area contributed by atoms with Crippen molar-refractivity contribution in [2.45, 2.75) is 39.0 Å². The maximum absolute atomic E-state index is 2.36. The van der Waals surface area contributed by atoms with Gasteiger partial charge in [-0.2, -0.15) is 0 Å². The summed E-state index contributed by atoms with van der Waals surface area (Å²) in [6, 6.07) is 0. The summed E-state index contributed by atoms with van der Waals surface area (Å²) in [6.45, 7) is 2.31. The minimum Gasteiger partial charge on any atom is -0.0802 e. The SMILES string of the molecule is CCC1CCCC2=C1C=CC2. The van der Waals surface area contributed by atoms with Crippen LogP contribution < -0.4 is 0 Å². The van der Waals surface area contributed by atoms with Gasteiger partial charge in [-0.1, -0.05) is 24.6 Å². The van der Waals surface area contributed by atoms with E-state index in [4.69, 9.17) is 0 Å². The molecule has 2 aliphatic carbocycles. The van der Waals surface area contributed by atoms with Crippen LogP contribution in [0.5, 0.6) is 0 Å². The zero-order chi connectivity index (χ0) is 7.68. The predicted molar refractivity (Wildman–Crippen MR) is 48.4 cm³/mol. The molecule has 0 fully saturated rings. The summed E-state index contributed by atoms with van der Waals surface area (Å²) in [4.78, 5) is 0. The molecule has 0 heteroatoms. The lowest BCUT2D eigenvalue weighted by molar-refractivity contribution is 0.495. The smallest absolute Gasteiger partial charge is 0.0130 e. The van der Waals surface area contributed by atoms with Crippen molar-refractivity contribution in [1.29, 1.82) is 0 Å². The van der Waals surface area contributed by atoms with Gasteiger partial charge in [-0.15, -0.1) is 0 Å². The highest BCUT2D eigenvalue weighted by molar-refractivity contribution is 5.37. The molecule has 0 aromatic rings. The van der Waals surface area contributed by atoms with Crippen molar-refractivity contribution >= 4 is 0 Å². The Bertz CT molecular complexity index is 208. The molecule has 2 aliphatic rings. The molecule has 1 unspecified atom stereocenters. The zero-order valence-electron chi connectivity index (χ0n) is 7.27. The second-order valence-electron chi connectivity index (χ2n) is 3.66. The molecule has 2 rings (SSSR count). The van der Waals surface area contributed by atoms with Crippen molar-refractivity contribution in [3.8, 4) is 0 Å². The Morgan fingerprint density at radius 3 is 3.27 bits per heavy atom. The third-order valence-corrected chi connectivity index (χ3v) is 3.03. The van der Waals surface area contributed by atoms with E-state index in [1.165, 1.54) is 32.1 Å². The monoisotopic (exact) mass is 148 g/mol. The minimum absolute atomic E-state index is 0.900. The normalized spacial score (nSPS) is 29.4. The van der Waals surface area contributed by atoms with Crippen LogP contribution in [0, 0.1) is 5.92 Å². The second-order valence-corrected chi connectivity index (χ2v) is 3.66. The number of hydrogen-bond acceptors (Lipinski definition) is 0. The van der Waals surface area contributed by atoms with Gasteiger partial charge in [-0.05, 0) is 43.6 Å². The summed E-state index contributed by atoms with van der Waals surface area (Å²) >= 11 is 0. The van der Waals surface area contributed by atoms with Gasteiger partial charge in [0, 0.05) is 0 Å². The number of hydrogen-bond donors (Lipinski definition) is 0. The van der Waals surface area contributed by atoms with E-state index in [2.05, 4.69) is 19.1 Å². The van der Waals surface area contributed by atoms with Gasteiger partial charge in [0.2, 0.25) is 0 Å². The molecular formula is C11H16. The van der Waals surface area contributed by atoms with E-state index < -0.39 is 0 Å². The Morgan fingerprint density at radius 2 is 2.45 bits per heavy atom. The van der Waals surface area contributed by atoms with Crippen LogP contribution in [-0.2, 0) is 0 Å². The van der Waals surface area contributed by atoms with E-state index in [1.807, 2.05) is 0 Å². The summed E-state index contributed by atoms with van der Waals surface area (Å²) < 4.78 is 0. The molecule has 0 nitrogen and oxygen atoms in total. The molecule has 0 bridgehead atoms. The topological polar surface area (TPSA) is 0 Å². The molecule has 11 heavy (non-hydrogen) atoms. The Kier molecular flexibility index (Phi) is 1.85. The highest BCUT2D eigenvalue weighted by atomic mass is 14.3. The molecule has 0 saturated carbocycles. The van der Waals surface area contributed by atoms with E-state index in [0.717, 1.165) is 5.92 Å². The first-order chi connectivity index (χ1) is 5.42. The molecule has 0 aromatic heterocycles. The quantitative estimate of drug-likeness (QED) is 0.534. The Hall–Kier alpha value is -0.520. The molecular weight excluding hydrogens is 132 g/mol. The molecule has 0 aromatic carbocycles. The fourth-order valence-corrected chi connectivity index (χ4v) is 2.38. The van der Waals surface area contributed by atoms with Gasteiger partial charge in [0.15, 0.2) is 0 Å². The number of rotatable bonds is 1. The third kappa shape index (κ3) is 1.15. The van der Waals surface area contributed by atoms with E-state index in [9.17, 15) is 0 Å². The van der Waals surface area contributed by atoms with Crippen molar-refractivity contribution < 1.29 is 0 Å². The molecule has 0 aliphatic heterocycles. The Labute approximate surface area is 69.0 Å². The van der Waals surface area contributed by atoms with E-state index in [-0.39, 0.29) is 0 Å². The van der Waals surface area contributed by atoms with Crippen LogP contribution in [0.4, 0.5) is 0 Å². The molecule has 60 valence electrons. The third-order valence-electron chi connectivity index (χ3n) is 3.03. The molecule has 1 atom stereocenters. The second kappa shape index (κ2) is 2.84. The molecule has 0 radical (unpaired) electrons. The summed E-state index contributed by atoms with van der Waals surface area (Å²) in [5.74, 6) is 0.900. The lowest BCUT2D eigenvalue weighted by atomic mass is 9.83. The van der Waals surface area contributed by atoms with Crippen LogP contribution in [0.15, 0.2) is 23.3 Å². The standard InChI is InChI=1S/C11H16/c1-2-9-5-3-6-10-7-4-8-11(9)10/h4,8-9H,2-3,5-7H2,1H3. The van der Waals surface area contributed by atoms with Crippen LogP contribution in [0.1, 0.15) is 39.0 Å². The van der Waals surface area contributed by atoms with Gasteiger partial charge in [0.05, 0.1) is 0 Å². The lowest BCUT2D eigenvalue weighted by Crippen LogP contribution is -2.07. The van der Waals surface area contributed by atoms with Crippen LogP contribution in [0.3, 0.4) is 0 Å². The minimum atomic E-state index is 0.900. The Morgan fingerprint density at radius 1 is 1.55 bits per heavy atom. The van der Waals surface area contributed by atoms with Gasteiger partial charge in [-0.3, -0.25) is 0 Å². The maximum atomic E-state index is 2.36. The van der Waals surface area contributed by atoms with E-state index in [1.54, 1.807) is 11.1 Å². The van der Waals surface area contributed by atoms with Gasteiger partial charge >= 0.3 is 0 Å². The average molecular weight is 148 g/mol. The van der Waals surface area contributed by atoms with Crippen LogP contribution in [-0.4, -0.2) is 0 Å². The number of allylic oxidation sites excluding steroid dienone is 4. The highest BCUT2D eigenvalue weighted by Crippen LogP contribution is 2.37. The fourth-order valence-electron chi connectivity index (χ4n) is 2.38. The van der Waals surface area contributed by atoms with Gasteiger partial charge < -0.3 is 0 Å². The van der Waals surface area contributed by atoms with Crippen LogP contribution in [0.2, 0.25) is 0 Å². The first-order valence-electron chi connectivity index (χ1n) is 4.80. The Balaban J connectivity index is 2.23. The van der Waals surface area contributed by atoms with Gasteiger partial charge in [-0.25, -0.2) is 0 Å². The van der Waals surface area contributed by atoms with Crippen molar-refractivity contribution in [3.63, 3.8) is 0 Å². The highest BCUT2D eigenvalue weighted by Gasteiger charge is 2.21. The summed E-state index contributed by atoms with van der Waals surface area (Å²) in [6.07, 6.45) is 11.5. The summed E-state index contributed by atoms with van der Waals surface area (Å²) in [7, 11) is 0. The van der Waals surface area contributed by atoms with Crippen molar-refractivity contribution in [1.82, 2.24) is 0 Å². The van der Waals surface area contributed by atoms with Gasteiger partial charge in [0.1, 0.15) is 0 Å². The largest absolute Gasteiger partial charge is 0.0802 e. The van der Waals surface area contributed by atoms with Crippen LogP contribution in [0.25, 0.3) is 0 Å². The maximum Gasteiger partial charge on any atom is -0.0130 e. The van der Waals surface area contributed by atoms with Crippen molar-refractivity contribution in [2.24, 2.45) is 5.92 Å². The molecule has 0 heterocycles. The predicted octanol–water partition coefficient (Wildman–Crippen LogP) is 3.45. The van der Waals surface area contributed by atoms with E-state index in [0.29, 0.717) is 0 Å².